The number of amides is 2. The molecule has 11 heteroatoms. The van der Waals surface area contributed by atoms with Crippen molar-refractivity contribution in [3.05, 3.63) is 0 Å². The molecule has 0 rings (SSSR count). The van der Waals surface area contributed by atoms with E-state index in [1.807, 2.05) is 21.1 Å². The summed E-state index contributed by atoms with van der Waals surface area (Å²) in [5, 5.41) is 0. The largest absolute Gasteiger partial charge is 0.756 e. The molecule has 2 amide bonds. The summed E-state index contributed by atoms with van der Waals surface area (Å²) in [6.07, 6.45) is 9.83. The predicted molar refractivity (Wildman–Crippen MR) is 114 cm³/mol. The Bertz CT molecular complexity index is 729. The molecule has 0 aliphatic carbocycles. The van der Waals surface area contributed by atoms with Gasteiger partial charge in [-0.3, -0.25) is 14.3 Å². The lowest BCUT2D eigenvalue weighted by atomic mass is 10.2. The summed E-state index contributed by atoms with van der Waals surface area (Å²) in [7, 11) is 1.16. The Morgan fingerprint density at radius 2 is 1.55 bits per heavy atom. The van der Waals surface area contributed by atoms with Crippen LogP contribution in [0.1, 0.15) is 20.8 Å². The van der Waals surface area contributed by atoms with E-state index in [0.29, 0.717) is 11.0 Å². The van der Waals surface area contributed by atoms with Gasteiger partial charge in [-0.05, 0) is 20.8 Å². The van der Waals surface area contributed by atoms with E-state index in [4.69, 9.17) is 26.6 Å². The maximum Gasteiger partial charge on any atom is 0.411 e. The molecule has 31 heavy (non-hydrogen) atoms. The lowest BCUT2D eigenvalue weighted by Crippen LogP contribution is -2.45. The van der Waals surface area contributed by atoms with Crippen LogP contribution in [0.4, 0.5) is 4.79 Å². The van der Waals surface area contributed by atoms with Crippen molar-refractivity contribution in [1.29, 1.82) is 0 Å². The fourth-order valence-electron chi connectivity index (χ4n) is 2.01. The van der Waals surface area contributed by atoms with Gasteiger partial charge in [-0.15, -0.1) is 12.8 Å². The van der Waals surface area contributed by atoms with Gasteiger partial charge in [0.25, 0.3) is 7.82 Å². The van der Waals surface area contributed by atoms with Crippen molar-refractivity contribution in [3.8, 4) is 24.7 Å². The summed E-state index contributed by atoms with van der Waals surface area (Å²) >= 11 is 0. The molecule has 10 nitrogen and oxygen atoms in total. The first-order valence-corrected chi connectivity index (χ1v) is 11.1. The SMILES string of the molecule is C#CCN(CCOP(=O)([O-])OCC[N+](C)(C)C)C(=O)CN(CC#C)C(=O)OC(C)(C)C. The minimum atomic E-state index is -4.52. The molecule has 0 aliphatic heterocycles. The Kier molecular flexibility index (Phi) is 11.9. The van der Waals surface area contributed by atoms with Gasteiger partial charge in [0.15, 0.2) is 0 Å². The molecule has 0 bridgehead atoms. The minimum absolute atomic E-state index is 0.0335. The third-order valence-corrected chi connectivity index (χ3v) is 4.51. The fourth-order valence-corrected chi connectivity index (χ4v) is 2.70. The number of carbonyl (C=O) groups excluding carboxylic acids is 2. The fraction of sp³-hybridized carbons (Fsp3) is 0.700. The highest BCUT2D eigenvalue weighted by atomic mass is 31.2. The van der Waals surface area contributed by atoms with Crippen LogP contribution in [-0.4, -0.2) is 99.0 Å². The van der Waals surface area contributed by atoms with Crippen molar-refractivity contribution < 1.29 is 37.3 Å². The predicted octanol–water partition coefficient (Wildman–Crippen LogP) is 0.526. The molecular weight excluding hydrogens is 425 g/mol. The maximum absolute atomic E-state index is 12.6. The molecule has 0 fully saturated rings. The molecule has 0 aromatic rings. The van der Waals surface area contributed by atoms with Gasteiger partial charge >= 0.3 is 6.09 Å². The molecule has 0 N–H and O–H groups in total. The molecule has 1 unspecified atom stereocenters. The van der Waals surface area contributed by atoms with Crippen LogP contribution in [0, 0.1) is 24.7 Å². The molecule has 1 atom stereocenters. The molecule has 0 saturated carbocycles. The summed E-state index contributed by atoms with van der Waals surface area (Å²) in [4.78, 5) is 39.0. The highest BCUT2D eigenvalue weighted by molar-refractivity contribution is 7.45. The molecule has 176 valence electrons. The van der Waals surface area contributed by atoms with Crippen molar-refractivity contribution >= 4 is 19.8 Å². The number of hydrogen-bond acceptors (Lipinski definition) is 7. The first kappa shape index (κ1) is 28.9. The van der Waals surface area contributed by atoms with Gasteiger partial charge < -0.3 is 28.1 Å². The first-order valence-electron chi connectivity index (χ1n) is 9.63. The smallest absolute Gasteiger partial charge is 0.411 e. The number of carbonyl (C=O) groups is 2. The average molecular weight is 459 g/mol. The monoisotopic (exact) mass is 459 g/mol. The van der Waals surface area contributed by atoms with Crippen molar-refractivity contribution in [2.24, 2.45) is 0 Å². The number of phosphoric acid groups is 1. The van der Waals surface area contributed by atoms with E-state index >= 15 is 0 Å². The Labute approximate surface area is 185 Å². The molecule has 0 radical (unpaired) electrons. The third-order valence-electron chi connectivity index (χ3n) is 3.52. The highest BCUT2D eigenvalue weighted by Gasteiger charge is 2.25. The molecule has 0 saturated heterocycles. The van der Waals surface area contributed by atoms with Crippen LogP contribution in [0.15, 0.2) is 0 Å². The van der Waals surface area contributed by atoms with E-state index in [1.54, 1.807) is 20.8 Å². The van der Waals surface area contributed by atoms with Crippen LogP contribution in [0.25, 0.3) is 0 Å². The van der Waals surface area contributed by atoms with Crippen LogP contribution in [0.5, 0.6) is 0 Å². The van der Waals surface area contributed by atoms with Crippen LogP contribution < -0.4 is 4.89 Å². The summed E-state index contributed by atoms with van der Waals surface area (Å²) in [6, 6.07) is 0. The zero-order valence-corrected chi connectivity index (χ0v) is 20.1. The highest BCUT2D eigenvalue weighted by Crippen LogP contribution is 2.37. The lowest BCUT2D eigenvalue weighted by Gasteiger charge is -2.29. The second-order valence-corrected chi connectivity index (χ2v) is 10.1. The number of likely N-dealkylation sites (N-methyl/N-ethyl adjacent to an activating group) is 1. The van der Waals surface area contributed by atoms with Gasteiger partial charge in [-0.25, -0.2) is 4.79 Å². The Morgan fingerprint density at radius 3 is 2.03 bits per heavy atom. The van der Waals surface area contributed by atoms with E-state index in [9.17, 15) is 19.0 Å². The van der Waals surface area contributed by atoms with Crippen LogP contribution in [-0.2, 0) is 23.1 Å². The Hall–Kier alpha value is -2.07. The van der Waals surface area contributed by atoms with Gasteiger partial charge in [-0.1, -0.05) is 11.8 Å². The number of ether oxygens (including phenoxy) is 1. The maximum atomic E-state index is 12.6. The molecule has 0 spiro atoms. The van der Waals surface area contributed by atoms with Gasteiger partial charge in [0.05, 0.1) is 40.8 Å². The van der Waals surface area contributed by atoms with Gasteiger partial charge in [0.2, 0.25) is 5.91 Å². The van der Waals surface area contributed by atoms with E-state index in [-0.39, 0.29) is 39.4 Å². The topological polar surface area (TPSA) is 108 Å². The van der Waals surface area contributed by atoms with E-state index in [2.05, 4.69) is 11.8 Å². The first-order chi connectivity index (χ1) is 14.1. The standard InChI is InChI=1S/C20H34N3O7P/c1-9-11-21(13-15-28-31(26,27)29-16-14-23(6,7)8)18(24)17-22(12-10-2)19(25)30-20(3,4)5/h1-2H,11-17H2,3-8H3. The quantitative estimate of drug-likeness (QED) is 0.238. The van der Waals surface area contributed by atoms with Gasteiger partial charge in [0, 0.05) is 6.54 Å². The molecule has 0 heterocycles. The average Bonchev–Trinajstić information content (AvgIpc) is 2.57. The van der Waals surface area contributed by atoms with Crippen LogP contribution in [0.2, 0.25) is 0 Å². The van der Waals surface area contributed by atoms with Crippen molar-refractivity contribution in [2.45, 2.75) is 26.4 Å². The zero-order valence-electron chi connectivity index (χ0n) is 19.3. The molecule has 0 aliphatic rings. The Balaban J connectivity index is 4.86. The van der Waals surface area contributed by atoms with Gasteiger partial charge in [-0.2, -0.15) is 0 Å². The van der Waals surface area contributed by atoms with Crippen LogP contribution in [0.3, 0.4) is 0 Å². The number of nitrogens with zero attached hydrogens (tertiary/aromatic N) is 3. The van der Waals surface area contributed by atoms with Crippen molar-refractivity contribution in [1.82, 2.24) is 9.80 Å². The van der Waals surface area contributed by atoms with Crippen molar-refractivity contribution in [3.63, 3.8) is 0 Å². The summed E-state index contributed by atoms with van der Waals surface area (Å²) in [5.74, 6) is 4.08. The zero-order chi connectivity index (χ0) is 24.3. The van der Waals surface area contributed by atoms with Gasteiger partial charge in [0.1, 0.15) is 25.3 Å². The van der Waals surface area contributed by atoms with Crippen molar-refractivity contribution in [2.75, 3.05) is 67.1 Å². The van der Waals surface area contributed by atoms with E-state index in [0.717, 1.165) is 4.90 Å². The number of rotatable bonds is 12. The Morgan fingerprint density at radius 1 is 1.03 bits per heavy atom. The number of phosphoric ester groups is 1. The number of terminal acetylenes is 2. The summed E-state index contributed by atoms with van der Waals surface area (Å²) in [5.41, 5.74) is -0.763. The summed E-state index contributed by atoms with van der Waals surface area (Å²) in [6.45, 7) is 4.40. The van der Waals surface area contributed by atoms with E-state index in [1.165, 1.54) is 4.90 Å². The summed E-state index contributed by atoms with van der Waals surface area (Å²) < 4.78 is 27.2. The number of hydrogen-bond donors (Lipinski definition) is 0. The van der Waals surface area contributed by atoms with E-state index < -0.39 is 25.4 Å². The molecule has 0 aromatic carbocycles. The second kappa shape index (κ2) is 12.7. The molecule has 0 aromatic heterocycles. The van der Waals surface area contributed by atoms with Crippen LogP contribution >= 0.6 is 7.82 Å². The third kappa shape index (κ3) is 14.5. The minimum Gasteiger partial charge on any atom is -0.756 e. The second-order valence-electron chi connectivity index (χ2n) is 8.69. The normalized spacial score (nSPS) is 13.5. The molecular formula is C20H34N3O7P. The number of quaternary nitrogens is 1. The lowest BCUT2D eigenvalue weighted by molar-refractivity contribution is -0.870.